The first-order valence-corrected chi connectivity index (χ1v) is 12.4. The molecule has 0 bridgehead atoms. The van der Waals surface area contributed by atoms with Gasteiger partial charge in [-0.1, -0.05) is 91.0 Å². The molecule has 0 unspecified atom stereocenters. The van der Waals surface area contributed by atoms with Crippen LogP contribution in [0.25, 0.3) is 11.1 Å². The summed E-state index contributed by atoms with van der Waals surface area (Å²) in [5, 5.41) is 0. The van der Waals surface area contributed by atoms with Crippen LogP contribution in [0.1, 0.15) is 22.3 Å². The van der Waals surface area contributed by atoms with Crippen LogP contribution < -0.4 is 9.47 Å². The predicted molar refractivity (Wildman–Crippen MR) is 143 cm³/mol. The van der Waals surface area contributed by atoms with Crippen LogP contribution in [0.2, 0.25) is 0 Å². The van der Waals surface area contributed by atoms with Gasteiger partial charge in [-0.3, -0.25) is 0 Å². The van der Waals surface area contributed by atoms with Crippen molar-refractivity contribution in [3.8, 4) is 34.1 Å². The van der Waals surface area contributed by atoms with Gasteiger partial charge in [0.2, 0.25) is 0 Å². The third-order valence-corrected chi connectivity index (χ3v) is 7.55. The minimum absolute atomic E-state index is 0.445. The van der Waals surface area contributed by atoms with Crippen LogP contribution >= 0.6 is 22.6 Å². The molecular formula is C31H19IO2. The molecule has 5 aromatic carbocycles. The molecule has 2 aliphatic rings. The van der Waals surface area contributed by atoms with Crippen LogP contribution in [0.5, 0.6) is 23.0 Å². The smallest absolute Gasteiger partial charge is 0.178 e. The molecular weight excluding hydrogens is 531 g/mol. The van der Waals surface area contributed by atoms with E-state index in [2.05, 4.69) is 120 Å². The largest absolute Gasteiger partial charge is 0.449 e. The van der Waals surface area contributed by atoms with Gasteiger partial charge in [0, 0.05) is 9.13 Å². The number of halogens is 1. The molecule has 162 valence electrons. The Labute approximate surface area is 212 Å². The average Bonchev–Trinajstić information content (AvgIpc) is 3.20. The molecule has 3 heteroatoms. The lowest BCUT2D eigenvalue weighted by Crippen LogP contribution is -2.28. The van der Waals surface area contributed by atoms with Gasteiger partial charge >= 0.3 is 0 Å². The highest BCUT2D eigenvalue weighted by atomic mass is 127. The number of benzene rings is 5. The lowest BCUT2D eigenvalue weighted by atomic mass is 9.68. The van der Waals surface area contributed by atoms with Crippen molar-refractivity contribution in [2.45, 2.75) is 5.41 Å². The lowest BCUT2D eigenvalue weighted by Gasteiger charge is -2.34. The maximum atomic E-state index is 6.57. The van der Waals surface area contributed by atoms with Gasteiger partial charge in [0.15, 0.2) is 23.0 Å². The zero-order valence-electron chi connectivity index (χ0n) is 18.2. The van der Waals surface area contributed by atoms with Crippen molar-refractivity contribution in [3.05, 3.63) is 141 Å². The summed E-state index contributed by atoms with van der Waals surface area (Å²) in [6, 6.07) is 40.6. The van der Waals surface area contributed by atoms with Crippen LogP contribution in [0, 0.1) is 3.57 Å². The Hall–Kier alpha value is -3.57. The first-order chi connectivity index (χ1) is 16.8. The van der Waals surface area contributed by atoms with E-state index in [1.54, 1.807) is 0 Å². The Bertz CT molecular complexity index is 1520. The second kappa shape index (κ2) is 7.47. The van der Waals surface area contributed by atoms with Crippen LogP contribution in [0.4, 0.5) is 0 Å². The van der Waals surface area contributed by atoms with Gasteiger partial charge in [0.1, 0.15) is 0 Å². The topological polar surface area (TPSA) is 18.5 Å². The van der Waals surface area contributed by atoms with Gasteiger partial charge in [-0.05, 0) is 74.7 Å². The van der Waals surface area contributed by atoms with Crippen molar-refractivity contribution in [3.63, 3.8) is 0 Å². The van der Waals surface area contributed by atoms with Crippen molar-refractivity contribution in [1.29, 1.82) is 0 Å². The van der Waals surface area contributed by atoms with Crippen molar-refractivity contribution in [2.24, 2.45) is 0 Å². The molecule has 5 aromatic rings. The molecule has 0 aromatic heterocycles. The monoisotopic (exact) mass is 550 g/mol. The third kappa shape index (κ3) is 2.67. The van der Waals surface area contributed by atoms with Crippen LogP contribution in [-0.2, 0) is 5.41 Å². The summed E-state index contributed by atoms with van der Waals surface area (Å²) in [6.07, 6.45) is 0. The fraction of sp³-hybridized carbons (Fsp3) is 0.0323. The molecule has 0 atom stereocenters. The molecule has 34 heavy (non-hydrogen) atoms. The van der Waals surface area contributed by atoms with E-state index in [-0.39, 0.29) is 0 Å². The number of hydrogen-bond acceptors (Lipinski definition) is 2. The van der Waals surface area contributed by atoms with E-state index < -0.39 is 5.41 Å². The van der Waals surface area contributed by atoms with Crippen molar-refractivity contribution in [2.75, 3.05) is 0 Å². The Morgan fingerprint density at radius 2 is 1.18 bits per heavy atom. The van der Waals surface area contributed by atoms with E-state index in [0.29, 0.717) is 0 Å². The van der Waals surface area contributed by atoms with Gasteiger partial charge in [0.05, 0.1) is 5.41 Å². The lowest BCUT2D eigenvalue weighted by molar-refractivity contribution is 0.360. The second-order valence-corrected chi connectivity index (χ2v) is 9.88. The summed E-state index contributed by atoms with van der Waals surface area (Å²) in [7, 11) is 0. The zero-order chi connectivity index (χ0) is 22.7. The Morgan fingerprint density at radius 1 is 0.529 bits per heavy atom. The first-order valence-electron chi connectivity index (χ1n) is 11.3. The molecule has 0 saturated carbocycles. The van der Waals surface area contributed by atoms with Gasteiger partial charge in [-0.2, -0.15) is 0 Å². The number of rotatable bonds is 2. The maximum absolute atomic E-state index is 6.57. The summed E-state index contributed by atoms with van der Waals surface area (Å²) in [6.45, 7) is 0. The second-order valence-electron chi connectivity index (χ2n) is 8.64. The van der Waals surface area contributed by atoms with E-state index in [1.165, 1.54) is 27.8 Å². The van der Waals surface area contributed by atoms with Crippen LogP contribution in [0.3, 0.4) is 0 Å². The fourth-order valence-corrected chi connectivity index (χ4v) is 6.00. The molecule has 0 N–H and O–H groups in total. The minimum Gasteiger partial charge on any atom is -0.449 e. The highest BCUT2D eigenvalue weighted by molar-refractivity contribution is 14.1. The van der Waals surface area contributed by atoms with Crippen molar-refractivity contribution < 1.29 is 9.47 Å². The molecule has 2 nitrogen and oxygen atoms in total. The number of ether oxygens (including phenoxy) is 2. The highest BCUT2D eigenvalue weighted by Crippen LogP contribution is 2.62. The molecule has 1 aliphatic heterocycles. The first kappa shape index (κ1) is 19.9. The average molecular weight is 550 g/mol. The van der Waals surface area contributed by atoms with Gasteiger partial charge in [0.25, 0.3) is 0 Å². The van der Waals surface area contributed by atoms with E-state index >= 15 is 0 Å². The summed E-state index contributed by atoms with van der Waals surface area (Å²) >= 11 is 2.30. The van der Waals surface area contributed by atoms with E-state index in [0.717, 1.165) is 32.1 Å². The third-order valence-electron chi connectivity index (χ3n) is 6.88. The van der Waals surface area contributed by atoms with Gasteiger partial charge in [-0.25, -0.2) is 0 Å². The SMILES string of the molecule is Ic1ccc2c(c1)Oc1ccc3c(c1O2)-c1ccccc1C3(c1ccccc1)c1ccccc1. The molecule has 0 spiro atoms. The Morgan fingerprint density at radius 3 is 1.91 bits per heavy atom. The molecule has 1 heterocycles. The van der Waals surface area contributed by atoms with Crippen molar-refractivity contribution >= 4 is 22.6 Å². The van der Waals surface area contributed by atoms with E-state index in [4.69, 9.17) is 9.47 Å². The molecule has 1 aliphatic carbocycles. The quantitative estimate of drug-likeness (QED) is 0.201. The van der Waals surface area contributed by atoms with E-state index in [1.807, 2.05) is 18.2 Å². The number of fused-ring (bicyclic) bond motifs is 6. The summed E-state index contributed by atoms with van der Waals surface area (Å²) < 4.78 is 14.0. The summed E-state index contributed by atoms with van der Waals surface area (Å²) in [5.41, 5.74) is 6.78. The fourth-order valence-electron chi connectivity index (χ4n) is 5.54. The molecule has 0 fully saturated rings. The highest BCUT2D eigenvalue weighted by Gasteiger charge is 2.48. The maximum Gasteiger partial charge on any atom is 0.178 e. The van der Waals surface area contributed by atoms with E-state index in [9.17, 15) is 0 Å². The molecule has 0 radical (unpaired) electrons. The molecule has 7 rings (SSSR count). The van der Waals surface area contributed by atoms with Crippen LogP contribution in [0.15, 0.2) is 115 Å². The van der Waals surface area contributed by atoms with Gasteiger partial charge in [-0.15, -0.1) is 0 Å². The molecule has 0 saturated heterocycles. The van der Waals surface area contributed by atoms with Crippen molar-refractivity contribution in [1.82, 2.24) is 0 Å². The van der Waals surface area contributed by atoms with Gasteiger partial charge < -0.3 is 9.47 Å². The predicted octanol–water partition coefficient (Wildman–Crippen LogP) is 8.55. The normalized spacial score (nSPS) is 14.1. The molecule has 0 amide bonds. The van der Waals surface area contributed by atoms with Crippen LogP contribution in [-0.4, -0.2) is 0 Å². The standard InChI is InChI=1S/C31H19IO2/c32-22-15-17-26-28(19-22)33-27-18-16-25-29(30(27)34-26)23-13-7-8-14-24(23)31(25,20-9-3-1-4-10-20)21-11-5-2-6-12-21/h1-19H. The zero-order valence-corrected chi connectivity index (χ0v) is 20.3. The summed E-state index contributed by atoms with van der Waals surface area (Å²) in [4.78, 5) is 0. The Kier molecular flexibility index (Phi) is 4.36. The summed E-state index contributed by atoms with van der Waals surface area (Å²) in [5.74, 6) is 3.03. The number of hydrogen-bond donors (Lipinski definition) is 0. The Balaban J connectivity index is 1.58. The minimum atomic E-state index is -0.445.